The number of ether oxygens (including phenoxy) is 1. The zero-order chi connectivity index (χ0) is 13.4. The van der Waals surface area contributed by atoms with Crippen molar-refractivity contribution in [2.75, 3.05) is 13.1 Å². The third-order valence-electron chi connectivity index (χ3n) is 4.07. The molecule has 0 amide bonds. The Morgan fingerprint density at radius 1 is 1.22 bits per heavy atom. The molecule has 3 atom stereocenters. The van der Waals surface area contributed by atoms with Crippen molar-refractivity contribution < 1.29 is 4.74 Å². The van der Waals surface area contributed by atoms with Crippen molar-refractivity contribution in [3.05, 3.63) is 0 Å². The van der Waals surface area contributed by atoms with E-state index >= 15 is 0 Å². The zero-order valence-electron chi connectivity index (χ0n) is 12.9. The van der Waals surface area contributed by atoms with Crippen molar-refractivity contribution in [2.45, 2.75) is 78.4 Å². The van der Waals surface area contributed by atoms with E-state index in [9.17, 15) is 0 Å². The number of hydrogen-bond donors (Lipinski definition) is 1. The van der Waals surface area contributed by atoms with Gasteiger partial charge in [0.1, 0.15) is 0 Å². The maximum Gasteiger partial charge on any atom is 0.0675 e. The molecule has 1 saturated carbocycles. The normalized spacial score (nSPS) is 26.5. The summed E-state index contributed by atoms with van der Waals surface area (Å²) in [6, 6.07) is 0. The third-order valence-corrected chi connectivity index (χ3v) is 4.07. The van der Waals surface area contributed by atoms with E-state index < -0.39 is 0 Å². The summed E-state index contributed by atoms with van der Waals surface area (Å²) in [5.41, 5.74) is 0. The van der Waals surface area contributed by atoms with Gasteiger partial charge in [0, 0.05) is 6.54 Å². The molecule has 1 aliphatic rings. The number of hydrogen-bond acceptors (Lipinski definition) is 2. The first-order valence-corrected chi connectivity index (χ1v) is 7.98. The van der Waals surface area contributed by atoms with Crippen LogP contribution in [0, 0.1) is 11.8 Å². The van der Waals surface area contributed by atoms with E-state index in [0.29, 0.717) is 12.2 Å². The number of rotatable bonds is 8. The minimum absolute atomic E-state index is 0.359. The monoisotopic (exact) mass is 255 g/mol. The topological polar surface area (TPSA) is 21.3 Å². The van der Waals surface area contributed by atoms with Crippen LogP contribution in [0.5, 0.6) is 0 Å². The molecular formula is C16H33NO. The quantitative estimate of drug-likeness (QED) is 0.662. The average molecular weight is 255 g/mol. The minimum atomic E-state index is 0.359. The smallest absolute Gasteiger partial charge is 0.0675 e. The van der Waals surface area contributed by atoms with Gasteiger partial charge in [0.25, 0.3) is 0 Å². The highest BCUT2D eigenvalue weighted by Gasteiger charge is 2.22. The standard InChI is InChI=1S/C16H33NO/c1-5-15-7-6-8-16(11-15)18-14(4)12-17-10-9-13(2)3/h13-17H,5-12H2,1-4H3. The molecule has 1 rings (SSSR count). The van der Waals surface area contributed by atoms with Crippen LogP contribution in [-0.4, -0.2) is 25.3 Å². The molecule has 2 nitrogen and oxygen atoms in total. The second-order valence-corrected chi connectivity index (χ2v) is 6.40. The molecule has 0 spiro atoms. The van der Waals surface area contributed by atoms with Crippen molar-refractivity contribution >= 4 is 0 Å². The Kier molecular flexibility index (Phi) is 7.92. The Morgan fingerprint density at radius 2 is 2.00 bits per heavy atom. The molecule has 0 bridgehead atoms. The van der Waals surface area contributed by atoms with Gasteiger partial charge in [-0.25, -0.2) is 0 Å². The van der Waals surface area contributed by atoms with Crippen LogP contribution in [0.4, 0.5) is 0 Å². The minimum Gasteiger partial charge on any atom is -0.374 e. The van der Waals surface area contributed by atoms with Crippen molar-refractivity contribution in [3.63, 3.8) is 0 Å². The largest absolute Gasteiger partial charge is 0.374 e. The van der Waals surface area contributed by atoms with E-state index in [1.54, 1.807) is 0 Å². The van der Waals surface area contributed by atoms with Gasteiger partial charge in [-0.05, 0) is 44.6 Å². The van der Waals surface area contributed by atoms with Gasteiger partial charge in [-0.1, -0.05) is 40.0 Å². The molecule has 108 valence electrons. The average Bonchev–Trinajstić information content (AvgIpc) is 2.34. The van der Waals surface area contributed by atoms with E-state index in [0.717, 1.165) is 24.9 Å². The predicted molar refractivity (Wildman–Crippen MR) is 78.9 cm³/mol. The fourth-order valence-corrected chi connectivity index (χ4v) is 2.81. The summed E-state index contributed by atoms with van der Waals surface area (Å²) in [6.45, 7) is 11.2. The van der Waals surface area contributed by atoms with Crippen molar-refractivity contribution in [3.8, 4) is 0 Å². The van der Waals surface area contributed by atoms with Gasteiger partial charge in [-0.3, -0.25) is 0 Å². The van der Waals surface area contributed by atoms with Crippen LogP contribution in [-0.2, 0) is 4.74 Å². The predicted octanol–water partition coefficient (Wildman–Crippen LogP) is 4.00. The van der Waals surface area contributed by atoms with Gasteiger partial charge in [-0.2, -0.15) is 0 Å². The molecule has 1 N–H and O–H groups in total. The van der Waals surface area contributed by atoms with E-state index in [1.165, 1.54) is 38.5 Å². The molecule has 0 aromatic heterocycles. The lowest BCUT2D eigenvalue weighted by molar-refractivity contribution is -0.0314. The molecule has 3 unspecified atom stereocenters. The van der Waals surface area contributed by atoms with Crippen LogP contribution in [0.15, 0.2) is 0 Å². The summed E-state index contributed by atoms with van der Waals surface area (Å²) < 4.78 is 6.17. The molecule has 0 radical (unpaired) electrons. The molecule has 0 saturated heterocycles. The highest BCUT2D eigenvalue weighted by atomic mass is 16.5. The number of nitrogens with one attached hydrogen (secondary N) is 1. The third kappa shape index (κ3) is 6.75. The lowest BCUT2D eigenvalue weighted by Crippen LogP contribution is -2.33. The lowest BCUT2D eigenvalue weighted by atomic mass is 9.85. The van der Waals surface area contributed by atoms with Crippen LogP contribution >= 0.6 is 0 Å². The highest BCUT2D eigenvalue weighted by molar-refractivity contribution is 4.74. The fraction of sp³-hybridized carbons (Fsp3) is 1.00. The molecule has 18 heavy (non-hydrogen) atoms. The summed E-state index contributed by atoms with van der Waals surface area (Å²) in [6.07, 6.45) is 8.78. The van der Waals surface area contributed by atoms with E-state index in [-0.39, 0.29) is 0 Å². The van der Waals surface area contributed by atoms with Crippen molar-refractivity contribution in [1.29, 1.82) is 0 Å². The molecule has 0 heterocycles. The van der Waals surface area contributed by atoms with Gasteiger partial charge >= 0.3 is 0 Å². The Bertz CT molecular complexity index is 205. The maximum absolute atomic E-state index is 6.17. The summed E-state index contributed by atoms with van der Waals surface area (Å²) in [5, 5.41) is 3.51. The fourth-order valence-electron chi connectivity index (χ4n) is 2.81. The van der Waals surface area contributed by atoms with Crippen LogP contribution < -0.4 is 5.32 Å². The lowest BCUT2D eigenvalue weighted by Gasteiger charge is -2.30. The van der Waals surface area contributed by atoms with Crippen molar-refractivity contribution in [1.82, 2.24) is 5.32 Å². The first-order chi connectivity index (χ1) is 8.61. The van der Waals surface area contributed by atoms with Crippen LogP contribution in [0.3, 0.4) is 0 Å². The van der Waals surface area contributed by atoms with Crippen LogP contribution in [0.1, 0.15) is 66.2 Å². The van der Waals surface area contributed by atoms with Gasteiger partial charge < -0.3 is 10.1 Å². The van der Waals surface area contributed by atoms with Crippen LogP contribution in [0.25, 0.3) is 0 Å². The zero-order valence-corrected chi connectivity index (χ0v) is 12.9. The second kappa shape index (κ2) is 8.92. The molecule has 0 aliphatic heterocycles. The Labute approximate surface area is 114 Å². The molecule has 0 aromatic rings. The molecular weight excluding hydrogens is 222 g/mol. The first kappa shape index (κ1) is 16.0. The maximum atomic E-state index is 6.17. The van der Waals surface area contributed by atoms with Gasteiger partial charge in [0.05, 0.1) is 12.2 Å². The van der Waals surface area contributed by atoms with Crippen molar-refractivity contribution in [2.24, 2.45) is 11.8 Å². The first-order valence-electron chi connectivity index (χ1n) is 7.98. The molecule has 2 heteroatoms. The molecule has 1 aliphatic carbocycles. The summed E-state index contributed by atoms with van der Waals surface area (Å²) in [4.78, 5) is 0. The van der Waals surface area contributed by atoms with Gasteiger partial charge in [0.15, 0.2) is 0 Å². The molecule has 1 fully saturated rings. The molecule has 0 aromatic carbocycles. The van der Waals surface area contributed by atoms with E-state index in [1.807, 2.05) is 0 Å². The van der Waals surface area contributed by atoms with Gasteiger partial charge in [-0.15, -0.1) is 0 Å². The highest BCUT2D eigenvalue weighted by Crippen LogP contribution is 2.28. The van der Waals surface area contributed by atoms with Crippen LogP contribution in [0.2, 0.25) is 0 Å². The SMILES string of the molecule is CCC1CCCC(OC(C)CNCCC(C)C)C1. The van der Waals surface area contributed by atoms with Gasteiger partial charge in [0.2, 0.25) is 0 Å². The summed E-state index contributed by atoms with van der Waals surface area (Å²) in [7, 11) is 0. The Balaban J connectivity index is 2.09. The Morgan fingerprint density at radius 3 is 2.67 bits per heavy atom. The summed E-state index contributed by atoms with van der Waals surface area (Å²) in [5.74, 6) is 1.70. The Hall–Kier alpha value is -0.0800. The second-order valence-electron chi connectivity index (χ2n) is 6.40. The van der Waals surface area contributed by atoms with E-state index in [4.69, 9.17) is 4.74 Å². The summed E-state index contributed by atoms with van der Waals surface area (Å²) >= 11 is 0. The van der Waals surface area contributed by atoms with E-state index in [2.05, 4.69) is 33.0 Å².